The first-order valence-corrected chi connectivity index (χ1v) is 6.91. The Balaban J connectivity index is 1.80. The molecule has 0 saturated heterocycles. The molecular formula is C14H14BrN3O2. The van der Waals surface area contributed by atoms with Gasteiger partial charge in [-0.25, -0.2) is 0 Å². The standard InChI is InChI=1S/C14H14BrN3O2/c15-12-7-17-18(8-12)9-13(19)10-20-14-3-1-11(2-4-14)5-6-16/h1-4,7-8,13,19H,5,9-10H2. The molecule has 0 aliphatic rings. The van der Waals surface area contributed by atoms with Gasteiger partial charge in [-0.2, -0.15) is 10.4 Å². The molecule has 0 saturated carbocycles. The number of hydrogen-bond acceptors (Lipinski definition) is 4. The summed E-state index contributed by atoms with van der Waals surface area (Å²) in [5, 5.41) is 22.5. The fourth-order valence-electron chi connectivity index (χ4n) is 1.69. The van der Waals surface area contributed by atoms with Gasteiger partial charge in [0.1, 0.15) is 18.5 Å². The quantitative estimate of drug-likeness (QED) is 0.877. The van der Waals surface area contributed by atoms with Crippen molar-refractivity contribution in [2.75, 3.05) is 6.61 Å². The van der Waals surface area contributed by atoms with Gasteiger partial charge in [-0.3, -0.25) is 4.68 Å². The molecule has 0 radical (unpaired) electrons. The summed E-state index contributed by atoms with van der Waals surface area (Å²) < 4.78 is 8.01. The van der Waals surface area contributed by atoms with Gasteiger partial charge in [0.2, 0.25) is 0 Å². The topological polar surface area (TPSA) is 71.1 Å². The third-order valence-corrected chi connectivity index (χ3v) is 3.06. The van der Waals surface area contributed by atoms with Crippen LogP contribution < -0.4 is 4.74 Å². The van der Waals surface area contributed by atoms with Crippen LogP contribution >= 0.6 is 15.9 Å². The van der Waals surface area contributed by atoms with Crippen molar-refractivity contribution >= 4 is 15.9 Å². The molecule has 1 N–H and O–H groups in total. The van der Waals surface area contributed by atoms with Crippen LogP contribution in [0.15, 0.2) is 41.1 Å². The van der Waals surface area contributed by atoms with Gasteiger partial charge in [0, 0.05) is 6.20 Å². The second-order valence-electron chi connectivity index (χ2n) is 4.32. The first-order chi connectivity index (χ1) is 9.67. The van der Waals surface area contributed by atoms with E-state index < -0.39 is 6.10 Å². The zero-order valence-electron chi connectivity index (χ0n) is 10.7. The second kappa shape index (κ2) is 7.08. The molecule has 1 aromatic carbocycles. The van der Waals surface area contributed by atoms with Crippen LogP contribution in [-0.2, 0) is 13.0 Å². The number of ether oxygens (including phenoxy) is 1. The minimum atomic E-state index is -0.638. The minimum absolute atomic E-state index is 0.190. The van der Waals surface area contributed by atoms with Gasteiger partial charge in [0.15, 0.2) is 0 Å². The summed E-state index contributed by atoms with van der Waals surface area (Å²) in [4.78, 5) is 0. The van der Waals surface area contributed by atoms with Crippen molar-refractivity contribution < 1.29 is 9.84 Å². The van der Waals surface area contributed by atoms with Gasteiger partial charge in [0.05, 0.1) is 29.7 Å². The molecule has 104 valence electrons. The zero-order chi connectivity index (χ0) is 14.4. The Morgan fingerprint density at radius 3 is 2.75 bits per heavy atom. The lowest BCUT2D eigenvalue weighted by atomic mass is 10.2. The van der Waals surface area contributed by atoms with Gasteiger partial charge in [-0.05, 0) is 33.6 Å². The number of halogens is 1. The average Bonchev–Trinajstić information content (AvgIpc) is 2.84. The van der Waals surface area contributed by atoms with Crippen molar-refractivity contribution in [2.24, 2.45) is 0 Å². The molecule has 1 unspecified atom stereocenters. The first-order valence-electron chi connectivity index (χ1n) is 6.12. The fourth-order valence-corrected chi connectivity index (χ4v) is 2.02. The van der Waals surface area contributed by atoms with Crippen LogP contribution in [0, 0.1) is 11.3 Å². The maximum atomic E-state index is 9.87. The molecular weight excluding hydrogens is 322 g/mol. The molecule has 0 fully saturated rings. The van der Waals surface area contributed by atoms with Crippen LogP contribution in [0.3, 0.4) is 0 Å². The van der Waals surface area contributed by atoms with Crippen molar-refractivity contribution in [3.8, 4) is 11.8 Å². The number of nitriles is 1. The van der Waals surface area contributed by atoms with E-state index in [-0.39, 0.29) is 6.61 Å². The van der Waals surface area contributed by atoms with Crippen LogP contribution in [0.2, 0.25) is 0 Å². The van der Waals surface area contributed by atoms with Gasteiger partial charge in [-0.15, -0.1) is 0 Å². The molecule has 2 rings (SSSR count). The van der Waals surface area contributed by atoms with Crippen LogP contribution in [0.25, 0.3) is 0 Å². The second-order valence-corrected chi connectivity index (χ2v) is 5.24. The minimum Gasteiger partial charge on any atom is -0.491 e. The molecule has 0 spiro atoms. The summed E-state index contributed by atoms with van der Waals surface area (Å²) in [5.41, 5.74) is 0.946. The predicted molar refractivity (Wildman–Crippen MR) is 77.2 cm³/mol. The monoisotopic (exact) mass is 335 g/mol. The van der Waals surface area contributed by atoms with Gasteiger partial charge in [0.25, 0.3) is 0 Å². The first kappa shape index (κ1) is 14.6. The highest BCUT2D eigenvalue weighted by Gasteiger charge is 2.07. The highest BCUT2D eigenvalue weighted by molar-refractivity contribution is 9.10. The van der Waals surface area contributed by atoms with Crippen molar-refractivity contribution in [3.05, 3.63) is 46.7 Å². The Labute approximate surface area is 125 Å². The number of rotatable bonds is 6. The Hall–Kier alpha value is -1.84. The lowest BCUT2D eigenvalue weighted by molar-refractivity contribution is 0.0893. The van der Waals surface area contributed by atoms with Gasteiger partial charge >= 0.3 is 0 Å². The van der Waals surface area contributed by atoms with E-state index >= 15 is 0 Å². The molecule has 0 bridgehead atoms. The third kappa shape index (κ3) is 4.37. The fraction of sp³-hybridized carbons (Fsp3) is 0.286. The molecule has 0 aliphatic carbocycles. The predicted octanol–water partition coefficient (Wildman–Crippen LogP) is 2.15. The highest BCUT2D eigenvalue weighted by atomic mass is 79.9. The molecule has 6 heteroatoms. The Kier molecular flexibility index (Phi) is 5.16. The number of hydrogen-bond donors (Lipinski definition) is 1. The Bertz CT molecular complexity index is 589. The molecule has 0 amide bonds. The lowest BCUT2D eigenvalue weighted by Gasteiger charge is -2.12. The van der Waals surface area contributed by atoms with E-state index in [1.165, 1.54) is 0 Å². The van der Waals surface area contributed by atoms with E-state index in [9.17, 15) is 5.11 Å². The molecule has 1 heterocycles. The number of benzene rings is 1. The molecule has 20 heavy (non-hydrogen) atoms. The number of aromatic nitrogens is 2. The maximum absolute atomic E-state index is 9.87. The third-order valence-electron chi connectivity index (χ3n) is 2.65. The summed E-state index contributed by atoms with van der Waals surface area (Å²) in [6.07, 6.45) is 3.21. The van der Waals surface area contributed by atoms with E-state index in [1.807, 2.05) is 12.1 Å². The van der Waals surface area contributed by atoms with Crippen LogP contribution in [0.4, 0.5) is 0 Å². The zero-order valence-corrected chi connectivity index (χ0v) is 12.3. The summed E-state index contributed by atoms with van der Waals surface area (Å²) in [6.45, 7) is 0.563. The van der Waals surface area contributed by atoms with Crippen LogP contribution in [0.5, 0.6) is 5.75 Å². The smallest absolute Gasteiger partial charge is 0.119 e. The summed E-state index contributed by atoms with van der Waals surface area (Å²) in [5.74, 6) is 0.674. The molecule has 5 nitrogen and oxygen atoms in total. The van der Waals surface area contributed by atoms with Crippen LogP contribution in [-0.4, -0.2) is 27.6 Å². The Morgan fingerprint density at radius 2 is 2.15 bits per heavy atom. The van der Waals surface area contributed by atoms with E-state index in [1.54, 1.807) is 29.2 Å². The molecule has 1 atom stereocenters. The maximum Gasteiger partial charge on any atom is 0.119 e. The van der Waals surface area contributed by atoms with E-state index in [0.717, 1.165) is 10.0 Å². The summed E-state index contributed by atoms with van der Waals surface area (Å²) >= 11 is 3.30. The molecule has 2 aromatic rings. The number of nitrogens with zero attached hydrogens (tertiary/aromatic N) is 3. The summed E-state index contributed by atoms with van der Waals surface area (Å²) in [6, 6.07) is 9.37. The van der Waals surface area contributed by atoms with E-state index in [2.05, 4.69) is 27.1 Å². The van der Waals surface area contributed by atoms with Crippen molar-refractivity contribution in [1.82, 2.24) is 9.78 Å². The highest BCUT2D eigenvalue weighted by Crippen LogP contribution is 2.13. The molecule has 0 aliphatic heterocycles. The van der Waals surface area contributed by atoms with Gasteiger partial charge in [-0.1, -0.05) is 12.1 Å². The van der Waals surface area contributed by atoms with E-state index in [0.29, 0.717) is 18.7 Å². The Morgan fingerprint density at radius 1 is 1.40 bits per heavy atom. The van der Waals surface area contributed by atoms with E-state index in [4.69, 9.17) is 10.00 Å². The largest absolute Gasteiger partial charge is 0.491 e. The average molecular weight is 336 g/mol. The number of aliphatic hydroxyl groups excluding tert-OH is 1. The van der Waals surface area contributed by atoms with Gasteiger partial charge < -0.3 is 9.84 Å². The number of aliphatic hydroxyl groups is 1. The molecule has 1 aromatic heterocycles. The van der Waals surface area contributed by atoms with Crippen molar-refractivity contribution in [1.29, 1.82) is 5.26 Å². The SMILES string of the molecule is N#CCc1ccc(OCC(O)Cn2cc(Br)cn2)cc1. The van der Waals surface area contributed by atoms with Crippen LogP contribution in [0.1, 0.15) is 5.56 Å². The summed E-state index contributed by atoms with van der Waals surface area (Å²) in [7, 11) is 0. The normalized spacial score (nSPS) is 11.8. The van der Waals surface area contributed by atoms with Crippen molar-refractivity contribution in [3.63, 3.8) is 0 Å². The lowest BCUT2D eigenvalue weighted by Crippen LogP contribution is -2.23. The van der Waals surface area contributed by atoms with Crippen molar-refractivity contribution in [2.45, 2.75) is 19.1 Å².